The van der Waals surface area contributed by atoms with E-state index < -0.39 is 0 Å². The summed E-state index contributed by atoms with van der Waals surface area (Å²) in [5.74, 6) is 0.730. The van der Waals surface area contributed by atoms with Gasteiger partial charge in [0.15, 0.2) is 0 Å². The predicted octanol–water partition coefficient (Wildman–Crippen LogP) is 3.15. The third-order valence-electron chi connectivity index (χ3n) is 3.38. The summed E-state index contributed by atoms with van der Waals surface area (Å²) in [5.41, 5.74) is 2.89. The molecule has 1 unspecified atom stereocenters. The summed E-state index contributed by atoms with van der Waals surface area (Å²) < 4.78 is 0. The maximum atomic E-state index is 3.58. The first-order valence-corrected chi connectivity index (χ1v) is 7.58. The third-order valence-corrected chi connectivity index (χ3v) is 3.38. The van der Waals surface area contributed by atoms with Crippen molar-refractivity contribution in [2.75, 3.05) is 19.6 Å². The molecule has 2 N–H and O–H groups in total. The number of rotatable bonds is 9. The highest BCUT2D eigenvalue weighted by Gasteiger charge is 2.02. The quantitative estimate of drug-likeness (QED) is 0.668. The van der Waals surface area contributed by atoms with Crippen molar-refractivity contribution in [3.8, 4) is 0 Å². The van der Waals surface area contributed by atoms with Gasteiger partial charge < -0.3 is 10.6 Å². The van der Waals surface area contributed by atoms with Gasteiger partial charge in [0.2, 0.25) is 0 Å². The highest BCUT2D eigenvalue weighted by molar-refractivity contribution is 5.25. The average Bonchev–Trinajstić information content (AvgIpc) is 2.36. The van der Waals surface area contributed by atoms with Crippen molar-refractivity contribution < 1.29 is 0 Å². The zero-order chi connectivity index (χ0) is 14.1. The molecular formula is C17H30N2. The molecule has 108 valence electrons. The normalized spacial score (nSPS) is 12.9. The molecule has 0 spiro atoms. The summed E-state index contributed by atoms with van der Waals surface area (Å²) in [6.07, 6.45) is 2.38. The number of hydrogen-bond donors (Lipinski definition) is 2. The lowest BCUT2D eigenvalue weighted by atomic mass is 10.0. The topological polar surface area (TPSA) is 24.1 Å². The monoisotopic (exact) mass is 262 g/mol. The first-order valence-electron chi connectivity index (χ1n) is 7.58. The molecule has 2 nitrogen and oxygen atoms in total. The Morgan fingerprint density at radius 3 is 2.47 bits per heavy atom. The Morgan fingerprint density at radius 2 is 1.79 bits per heavy atom. The van der Waals surface area contributed by atoms with E-state index in [1.807, 2.05) is 0 Å². The van der Waals surface area contributed by atoms with Crippen LogP contribution in [0.4, 0.5) is 0 Å². The second kappa shape index (κ2) is 9.11. The molecule has 19 heavy (non-hydrogen) atoms. The van der Waals surface area contributed by atoms with Crippen LogP contribution in [0, 0.1) is 12.8 Å². The Bertz CT molecular complexity index is 347. The maximum Gasteiger partial charge on any atom is 0.0164 e. The first-order chi connectivity index (χ1) is 9.09. The summed E-state index contributed by atoms with van der Waals surface area (Å²) in [5, 5.41) is 7.07. The van der Waals surface area contributed by atoms with Gasteiger partial charge in [0, 0.05) is 12.6 Å². The van der Waals surface area contributed by atoms with Crippen LogP contribution in [-0.2, 0) is 6.42 Å². The van der Waals surface area contributed by atoms with Gasteiger partial charge >= 0.3 is 0 Å². The lowest BCUT2D eigenvalue weighted by molar-refractivity contribution is 0.469. The van der Waals surface area contributed by atoms with Crippen LogP contribution >= 0.6 is 0 Å². The molecule has 0 amide bonds. The van der Waals surface area contributed by atoms with E-state index in [0.717, 1.165) is 25.6 Å². The van der Waals surface area contributed by atoms with Crippen molar-refractivity contribution in [3.05, 3.63) is 35.4 Å². The van der Waals surface area contributed by atoms with Gasteiger partial charge in [0.1, 0.15) is 0 Å². The van der Waals surface area contributed by atoms with Crippen molar-refractivity contribution in [2.24, 2.45) is 5.92 Å². The third kappa shape index (κ3) is 7.34. The summed E-state index contributed by atoms with van der Waals surface area (Å²) in [7, 11) is 0. The number of aryl methyl sites for hydroxylation is 2. The van der Waals surface area contributed by atoms with Crippen molar-refractivity contribution in [2.45, 2.75) is 46.6 Å². The molecule has 0 aliphatic rings. The van der Waals surface area contributed by atoms with Gasteiger partial charge in [-0.1, -0.05) is 38.1 Å². The molecule has 1 atom stereocenters. The SMILES string of the molecule is Cc1ccccc1CCCNC(C)CNCC(C)C. The Kier molecular flexibility index (Phi) is 7.76. The molecule has 0 aromatic heterocycles. The molecule has 0 aliphatic heterocycles. The molecule has 0 saturated carbocycles. The maximum absolute atomic E-state index is 3.58. The van der Waals surface area contributed by atoms with Crippen LogP contribution in [0.5, 0.6) is 0 Å². The Labute approximate surface area is 119 Å². The zero-order valence-electron chi connectivity index (χ0n) is 13.0. The number of hydrogen-bond acceptors (Lipinski definition) is 2. The van der Waals surface area contributed by atoms with Crippen LogP contribution in [0.1, 0.15) is 38.3 Å². The molecule has 1 rings (SSSR count). The Balaban J connectivity index is 2.09. The zero-order valence-corrected chi connectivity index (χ0v) is 13.0. The summed E-state index contributed by atoms with van der Waals surface area (Å²) in [6.45, 7) is 12.2. The fraction of sp³-hybridized carbons (Fsp3) is 0.647. The van der Waals surface area contributed by atoms with Crippen molar-refractivity contribution in [1.82, 2.24) is 10.6 Å². The van der Waals surface area contributed by atoms with Crippen molar-refractivity contribution >= 4 is 0 Å². The average molecular weight is 262 g/mol. The number of benzene rings is 1. The summed E-state index contributed by atoms with van der Waals surface area (Å²) in [4.78, 5) is 0. The minimum absolute atomic E-state index is 0.552. The molecular weight excluding hydrogens is 232 g/mol. The molecule has 0 aliphatic carbocycles. The van der Waals surface area contributed by atoms with Crippen LogP contribution < -0.4 is 10.6 Å². The summed E-state index contributed by atoms with van der Waals surface area (Å²) >= 11 is 0. The molecule has 0 radical (unpaired) electrons. The molecule has 0 fully saturated rings. The predicted molar refractivity (Wildman–Crippen MR) is 84.7 cm³/mol. The van der Waals surface area contributed by atoms with Crippen LogP contribution in [-0.4, -0.2) is 25.7 Å². The lowest BCUT2D eigenvalue weighted by Crippen LogP contribution is -2.38. The van der Waals surface area contributed by atoms with E-state index in [9.17, 15) is 0 Å². The van der Waals surface area contributed by atoms with Crippen molar-refractivity contribution in [3.63, 3.8) is 0 Å². The highest BCUT2D eigenvalue weighted by atomic mass is 15.0. The largest absolute Gasteiger partial charge is 0.315 e. The molecule has 0 saturated heterocycles. The van der Waals surface area contributed by atoms with Crippen LogP contribution in [0.3, 0.4) is 0 Å². The highest BCUT2D eigenvalue weighted by Crippen LogP contribution is 2.08. The molecule has 2 heteroatoms. The molecule has 0 bridgehead atoms. The van der Waals surface area contributed by atoms with Gasteiger partial charge in [0.25, 0.3) is 0 Å². The van der Waals surface area contributed by atoms with Crippen LogP contribution in [0.2, 0.25) is 0 Å². The molecule has 0 heterocycles. The van der Waals surface area contributed by atoms with Gasteiger partial charge in [-0.05, 0) is 56.8 Å². The van der Waals surface area contributed by atoms with Crippen LogP contribution in [0.15, 0.2) is 24.3 Å². The van der Waals surface area contributed by atoms with Crippen LogP contribution in [0.25, 0.3) is 0 Å². The second-order valence-electron chi connectivity index (χ2n) is 5.94. The molecule has 1 aromatic carbocycles. The summed E-state index contributed by atoms with van der Waals surface area (Å²) in [6, 6.07) is 9.23. The smallest absolute Gasteiger partial charge is 0.0164 e. The van der Waals surface area contributed by atoms with E-state index in [2.05, 4.69) is 62.6 Å². The van der Waals surface area contributed by atoms with E-state index in [1.54, 1.807) is 0 Å². The van der Waals surface area contributed by atoms with Gasteiger partial charge in [-0.2, -0.15) is 0 Å². The van der Waals surface area contributed by atoms with Gasteiger partial charge in [0.05, 0.1) is 0 Å². The van der Waals surface area contributed by atoms with E-state index in [1.165, 1.54) is 24.0 Å². The van der Waals surface area contributed by atoms with Gasteiger partial charge in [-0.15, -0.1) is 0 Å². The Morgan fingerprint density at radius 1 is 1.05 bits per heavy atom. The minimum Gasteiger partial charge on any atom is -0.315 e. The standard InChI is InChI=1S/C17H30N2/c1-14(2)12-18-13-16(4)19-11-7-10-17-9-6-5-8-15(17)3/h5-6,8-9,14,16,18-19H,7,10-13H2,1-4H3. The van der Waals surface area contributed by atoms with Crippen molar-refractivity contribution in [1.29, 1.82) is 0 Å². The van der Waals surface area contributed by atoms with E-state index >= 15 is 0 Å². The fourth-order valence-electron chi connectivity index (χ4n) is 2.18. The van der Waals surface area contributed by atoms with E-state index in [4.69, 9.17) is 0 Å². The number of nitrogens with one attached hydrogen (secondary N) is 2. The fourth-order valence-corrected chi connectivity index (χ4v) is 2.18. The first kappa shape index (κ1) is 16.2. The molecule has 1 aromatic rings. The Hall–Kier alpha value is -0.860. The van der Waals surface area contributed by atoms with E-state index in [0.29, 0.717) is 6.04 Å². The minimum atomic E-state index is 0.552. The van der Waals surface area contributed by atoms with Gasteiger partial charge in [-0.25, -0.2) is 0 Å². The van der Waals surface area contributed by atoms with E-state index in [-0.39, 0.29) is 0 Å². The van der Waals surface area contributed by atoms with Gasteiger partial charge in [-0.3, -0.25) is 0 Å². The second-order valence-corrected chi connectivity index (χ2v) is 5.94. The lowest BCUT2D eigenvalue weighted by Gasteiger charge is -2.16.